The second kappa shape index (κ2) is 9.47. The number of aromatic carboxylic acids is 1. The van der Waals surface area contributed by atoms with Crippen molar-refractivity contribution >= 4 is 13.3 Å². The molecule has 0 amide bonds. The van der Waals surface area contributed by atoms with Crippen LogP contribution in [0.2, 0.25) is 0 Å². The van der Waals surface area contributed by atoms with Crippen LogP contribution in [0.3, 0.4) is 0 Å². The van der Waals surface area contributed by atoms with Gasteiger partial charge in [-0.05, 0) is 49.8 Å². The minimum absolute atomic E-state index is 0.103. The van der Waals surface area contributed by atoms with Crippen molar-refractivity contribution in [3.63, 3.8) is 0 Å². The quantitative estimate of drug-likeness (QED) is 0.387. The molecule has 2 unspecified atom stereocenters. The van der Waals surface area contributed by atoms with Crippen molar-refractivity contribution in [3.8, 4) is 0 Å². The van der Waals surface area contributed by atoms with Gasteiger partial charge in [-0.15, -0.1) is 0 Å². The van der Waals surface area contributed by atoms with Crippen molar-refractivity contribution in [3.05, 3.63) is 47.5 Å². The molecule has 0 aliphatic heterocycles. The number of rotatable bonds is 9. The van der Waals surface area contributed by atoms with E-state index in [1.165, 1.54) is 12.1 Å². The Hall–Kier alpha value is -1.46. The van der Waals surface area contributed by atoms with E-state index in [0.717, 1.165) is 24.8 Å². The predicted octanol–water partition coefficient (Wildman–Crippen LogP) is 3.02. The zero-order chi connectivity index (χ0) is 19.2. The highest BCUT2D eigenvalue weighted by molar-refractivity contribution is 7.58. The summed E-state index contributed by atoms with van der Waals surface area (Å²) in [5, 5.41) is 22.2. The Morgan fingerprint density at radius 1 is 1.31 bits per heavy atom. The molecule has 26 heavy (non-hydrogen) atoms. The summed E-state index contributed by atoms with van der Waals surface area (Å²) in [7, 11) is -3.36. The molecule has 4 atom stereocenters. The van der Waals surface area contributed by atoms with Crippen LogP contribution in [0.4, 0.5) is 0 Å². The maximum Gasteiger partial charge on any atom is 0.335 e. The maximum absolute atomic E-state index is 12.4. The van der Waals surface area contributed by atoms with Gasteiger partial charge in [-0.1, -0.05) is 24.3 Å². The minimum Gasteiger partial charge on any atom is -0.478 e. The number of aliphatic hydroxyl groups excluding tert-OH is 1. The molecule has 1 aliphatic carbocycles. The van der Waals surface area contributed by atoms with Crippen LogP contribution < -0.4 is 5.32 Å². The summed E-state index contributed by atoms with van der Waals surface area (Å²) in [5.41, 5.74) is 1.11. The van der Waals surface area contributed by atoms with Crippen LogP contribution in [0.25, 0.3) is 0 Å². The van der Waals surface area contributed by atoms with Gasteiger partial charge in [0.1, 0.15) is 0 Å². The third-order valence-electron chi connectivity index (χ3n) is 4.73. The summed E-state index contributed by atoms with van der Waals surface area (Å²) in [6, 6.07) is 6.41. The fourth-order valence-electron chi connectivity index (χ4n) is 3.24. The summed E-state index contributed by atoms with van der Waals surface area (Å²) < 4.78 is 12.4. The molecule has 1 aliphatic rings. The molecule has 144 valence electrons. The molecule has 0 aromatic heterocycles. The SMILES string of the molecule is C[C@H](NC[C@H](O)CP(=O)(O)CC1CC=CCC1)c1ccc(C(=O)O)cc1. The maximum atomic E-state index is 12.4. The van der Waals surface area contributed by atoms with Gasteiger partial charge < -0.3 is 20.4 Å². The molecule has 1 aromatic carbocycles. The summed E-state index contributed by atoms with van der Waals surface area (Å²) in [6.07, 6.45) is 6.14. The summed E-state index contributed by atoms with van der Waals surface area (Å²) in [5.74, 6) is -0.748. The van der Waals surface area contributed by atoms with Crippen molar-refractivity contribution in [2.45, 2.75) is 38.3 Å². The van der Waals surface area contributed by atoms with Gasteiger partial charge in [-0.2, -0.15) is 0 Å². The number of benzene rings is 1. The highest BCUT2D eigenvalue weighted by Crippen LogP contribution is 2.45. The fourth-order valence-corrected chi connectivity index (χ4v) is 5.31. The van der Waals surface area contributed by atoms with E-state index in [2.05, 4.69) is 17.5 Å². The Morgan fingerprint density at radius 3 is 2.58 bits per heavy atom. The first-order valence-corrected chi connectivity index (χ1v) is 11.0. The van der Waals surface area contributed by atoms with Gasteiger partial charge in [0.05, 0.1) is 17.8 Å². The van der Waals surface area contributed by atoms with Gasteiger partial charge in [0.2, 0.25) is 7.37 Å². The number of carboxylic acid groups (broad SMARTS) is 1. The second-order valence-corrected chi connectivity index (χ2v) is 9.50. The zero-order valence-corrected chi connectivity index (χ0v) is 15.9. The van der Waals surface area contributed by atoms with Crippen LogP contribution in [-0.2, 0) is 4.57 Å². The lowest BCUT2D eigenvalue weighted by Crippen LogP contribution is -2.32. The van der Waals surface area contributed by atoms with E-state index in [1.807, 2.05) is 6.92 Å². The Labute approximate surface area is 154 Å². The van der Waals surface area contributed by atoms with Crippen molar-refractivity contribution in [2.75, 3.05) is 18.9 Å². The molecule has 0 spiro atoms. The first-order valence-electron chi connectivity index (χ1n) is 8.97. The number of allylic oxidation sites excluding steroid dienone is 2. The lowest BCUT2D eigenvalue weighted by molar-refractivity contribution is 0.0697. The normalized spacial score (nSPS) is 21.7. The standard InChI is InChI=1S/C19H28NO5P/c1-14(16-7-9-17(10-8-16)19(22)23)20-11-18(21)13-26(24,25)12-15-5-3-2-4-6-15/h2-3,7-10,14-15,18,20-21H,4-6,11-13H2,1H3,(H,22,23)(H,24,25)/t14-,15?,18-/m0/s1. The number of hydrogen-bond donors (Lipinski definition) is 4. The van der Waals surface area contributed by atoms with E-state index in [-0.39, 0.29) is 36.4 Å². The van der Waals surface area contributed by atoms with E-state index in [4.69, 9.17) is 5.11 Å². The van der Waals surface area contributed by atoms with Crippen LogP contribution in [0.15, 0.2) is 36.4 Å². The van der Waals surface area contributed by atoms with Gasteiger partial charge in [0.15, 0.2) is 0 Å². The van der Waals surface area contributed by atoms with E-state index in [0.29, 0.717) is 0 Å². The smallest absolute Gasteiger partial charge is 0.335 e. The van der Waals surface area contributed by atoms with Crippen LogP contribution in [0.1, 0.15) is 48.1 Å². The Balaban J connectivity index is 1.79. The fraction of sp³-hybridized carbons (Fsp3) is 0.526. The van der Waals surface area contributed by atoms with Crippen LogP contribution in [0, 0.1) is 5.92 Å². The molecule has 0 saturated heterocycles. The topological polar surface area (TPSA) is 107 Å². The molecule has 1 aromatic rings. The van der Waals surface area contributed by atoms with Crippen molar-refractivity contribution < 1.29 is 24.5 Å². The molecule has 0 radical (unpaired) electrons. The molecule has 6 nitrogen and oxygen atoms in total. The summed E-state index contributed by atoms with van der Waals surface area (Å²) in [6.45, 7) is 2.10. The Morgan fingerprint density at radius 2 is 2.00 bits per heavy atom. The van der Waals surface area contributed by atoms with Crippen molar-refractivity contribution in [1.82, 2.24) is 5.32 Å². The van der Waals surface area contributed by atoms with Gasteiger partial charge in [0, 0.05) is 18.7 Å². The minimum atomic E-state index is -3.36. The number of hydrogen-bond acceptors (Lipinski definition) is 4. The number of carboxylic acids is 1. The molecule has 0 saturated carbocycles. The van der Waals surface area contributed by atoms with Gasteiger partial charge in [-0.25, -0.2) is 4.79 Å². The van der Waals surface area contributed by atoms with Gasteiger partial charge >= 0.3 is 5.97 Å². The van der Waals surface area contributed by atoms with E-state index >= 15 is 0 Å². The monoisotopic (exact) mass is 381 g/mol. The van der Waals surface area contributed by atoms with Gasteiger partial charge in [-0.3, -0.25) is 4.57 Å². The zero-order valence-electron chi connectivity index (χ0n) is 15.0. The molecule has 7 heteroatoms. The molecule has 0 bridgehead atoms. The molecule has 0 fully saturated rings. The third kappa shape index (κ3) is 6.69. The summed E-state index contributed by atoms with van der Waals surface area (Å²) in [4.78, 5) is 21.1. The highest BCUT2D eigenvalue weighted by Gasteiger charge is 2.27. The number of carbonyl (C=O) groups is 1. The first-order chi connectivity index (χ1) is 12.3. The lowest BCUT2D eigenvalue weighted by atomic mass is 9.96. The average Bonchev–Trinajstić information content (AvgIpc) is 2.59. The molecular weight excluding hydrogens is 353 g/mol. The predicted molar refractivity (Wildman–Crippen MR) is 102 cm³/mol. The van der Waals surface area contributed by atoms with Crippen LogP contribution in [-0.4, -0.2) is 46.0 Å². The van der Waals surface area contributed by atoms with E-state index in [1.54, 1.807) is 12.1 Å². The first kappa shape index (κ1) is 20.8. The van der Waals surface area contributed by atoms with Gasteiger partial charge in [0.25, 0.3) is 0 Å². The average molecular weight is 381 g/mol. The van der Waals surface area contributed by atoms with E-state index in [9.17, 15) is 19.4 Å². The largest absolute Gasteiger partial charge is 0.478 e. The Kier molecular flexibility index (Phi) is 7.59. The third-order valence-corrected chi connectivity index (χ3v) is 6.81. The molecule has 4 N–H and O–H groups in total. The second-order valence-electron chi connectivity index (χ2n) is 7.07. The molecular formula is C19H28NO5P. The number of aliphatic hydroxyl groups is 1. The summed E-state index contributed by atoms with van der Waals surface area (Å²) >= 11 is 0. The Bertz CT molecular complexity index is 673. The van der Waals surface area contributed by atoms with Crippen molar-refractivity contribution in [2.24, 2.45) is 5.92 Å². The van der Waals surface area contributed by atoms with Crippen molar-refractivity contribution in [1.29, 1.82) is 0 Å². The highest BCUT2D eigenvalue weighted by atomic mass is 31.2. The number of nitrogens with one attached hydrogen (secondary N) is 1. The lowest BCUT2D eigenvalue weighted by Gasteiger charge is -2.23. The molecule has 2 rings (SSSR count). The van der Waals surface area contributed by atoms with Crippen LogP contribution in [0.5, 0.6) is 0 Å². The van der Waals surface area contributed by atoms with Crippen LogP contribution >= 0.6 is 7.37 Å². The van der Waals surface area contributed by atoms with E-state index < -0.39 is 19.4 Å². The molecule has 0 heterocycles.